The highest BCUT2D eigenvalue weighted by molar-refractivity contribution is 6.07. The third-order valence-corrected chi connectivity index (χ3v) is 5.39. The molecule has 5 aromatic rings. The molecule has 0 aliphatic carbocycles. The van der Waals surface area contributed by atoms with Gasteiger partial charge in [0.05, 0.1) is 22.3 Å². The summed E-state index contributed by atoms with van der Waals surface area (Å²) in [5.74, 6) is -0.589. The summed E-state index contributed by atoms with van der Waals surface area (Å²) in [6.45, 7) is 4.14. The Hall–Kier alpha value is -4.65. The molecule has 0 aliphatic rings. The lowest BCUT2D eigenvalue weighted by Crippen LogP contribution is -1.99. The van der Waals surface area contributed by atoms with Crippen molar-refractivity contribution in [3.05, 3.63) is 97.3 Å². The third kappa shape index (κ3) is 3.65. The van der Waals surface area contributed by atoms with Gasteiger partial charge in [0.15, 0.2) is 5.69 Å². The molecule has 160 valence electrons. The average Bonchev–Trinajstić information content (AvgIpc) is 3.13. The molecule has 0 aliphatic heterocycles. The smallest absolute Gasteiger partial charge is 0.296 e. The molecule has 2 aromatic carbocycles. The van der Waals surface area contributed by atoms with E-state index < -0.39 is 5.91 Å². The van der Waals surface area contributed by atoms with Crippen molar-refractivity contribution in [1.82, 2.24) is 14.5 Å². The Morgan fingerprint density at radius 3 is 2.55 bits per heavy atom. The van der Waals surface area contributed by atoms with Gasteiger partial charge in [-0.2, -0.15) is 0 Å². The minimum absolute atomic E-state index is 0.0651. The van der Waals surface area contributed by atoms with Gasteiger partial charge in [0, 0.05) is 35.3 Å². The summed E-state index contributed by atoms with van der Waals surface area (Å²) < 4.78 is 1.67. The Labute approximate surface area is 189 Å². The van der Waals surface area contributed by atoms with Crippen LogP contribution in [0.2, 0.25) is 0 Å². The number of benzene rings is 2. The fourth-order valence-electron chi connectivity index (χ4n) is 3.86. The van der Waals surface area contributed by atoms with E-state index in [0.29, 0.717) is 34.1 Å². The van der Waals surface area contributed by atoms with E-state index in [1.54, 1.807) is 29.1 Å². The number of azo groups is 1. The van der Waals surface area contributed by atoms with Crippen LogP contribution in [0.4, 0.5) is 5.69 Å². The number of rotatable bonds is 5. The van der Waals surface area contributed by atoms with Gasteiger partial charge in [-0.05, 0) is 30.3 Å². The Balaban J connectivity index is 1.61. The molecule has 33 heavy (non-hydrogen) atoms. The molecule has 0 radical (unpaired) electrons. The largest absolute Gasteiger partial charge is 0.493 e. The summed E-state index contributed by atoms with van der Waals surface area (Å²) in [7, 11) is 0. The van der Waals surface area contributed by atoms with Gasteiger partial charge < -0.3 is 9.67 Å². The van der Waals surface area contributed by atoms with Crippen molar-refractivity contribution in [1.29, 1.82) is 0 Å². The van der Waals surface area contributed by atoms with E-state index in [1.165, 1.54) is 0 Å². The van der Waals surface area contributed by atoms with Gasteiger partial charge in [0.25, 0.3) is 5.91 Å². The number of amides is 1. The molecule has 0 unspecified atom stereocenters. The molecule has 0 fully saturated rings. The number of hydrogen-bond donors (Lipinski definition) is 1. The first-order valence-corrected chi connectivity index (χ1v) is 10.3. The molecule has 0 saturated carbocycles. The average molecular weight is 433 g/mol. The highest BCUT2D eigenvalue weighted by Crippen LogP contribution is 2.39. The maximum atomic E-state index is 13.2. The Bertz CT molecular complexity index is 1540. The molecule has 0 spiro atoms. The van der Waals surface area contributed by atoms with E-state index in [1.807, 2.05) is 60.7 Å². The van der Waals surface area contributed by atoms with Crippen LogP contribution < -0.4 is 0 Å². The van der Waals surface area contributed by atoms with Crippen molar-refractivity contribution in [3.63, 3.8) is 0 Å². The van der Waals surface area contributed by atoms with Gasteiger partial charge in [-0.3, -0.25) is 9.78 Å². The van der Waals surface area contributed by atoms with Crippen LogP contribution >= 0.6 is 0 Å². The minimum Gasteiger partial charge on any atom is -0.493 e. The third-order valence-electron chi connectivity index (χ3n) is 5.39. The number of pyridine rings is 2. The zero-order valence-corrected chi connectivity index (χ0v) is 17.6. The lowest BCUT2D eigenvalue weighted by Gasteiger charge is -2.07. The lowest BCUT2D eigenvalue weighted by atomic mass is 10.0. The monoisotopic (exact) mass is 433 g/mol. The lowest BCUT2D eigenvalue weighted by molar-refractivity contribution is 0.0996. The Kier molecular flexibility index (Phi) is 5.20. The molecular formula is C26H19N5O2. The molecule has 3 heterocycles. The van der Waals surface area contributed by atoms with Gasteiger partial charge in [0.1, 0.15) is 0 Å². The molecule has 7 nitrogen and oxygen atoms in total. The van der Waals surface area contributed by atoms with Crippen LogP contribution in [-0.4, -0.2) is 25.5 Å². The zero-order valence-electron chi connectivity index (χ0n) is 17.6. The number of allylic oxidation sites excluding steroid dienone is 1. The van der Waals surface area contributed by atoms with E-state index in [-0.39, 0.29) is 11.6 Å². The number of carbonyl (C=O) groups is 1. The number of fused-ring (bicyclic) bond motifs is 2. The highest BCUT2D eigenvalue weighted by Gasteiger charge is 2.17. The predicted molar refractivity (Wildman–Crippen MR) is 128 cm³/mol. The van der Waals surface area contributed by atoms with Crippen LogP contribution in [0.3, 0.4) is 0 Å². The molecule has 0 atom stereocenters. The normalized spacial score (nSPS) is 11.4. The topological polar surface area (TPSA) is 92.7 Å². The molecule has 1 N–H and O–H groups in total. The SMILES string of the molecule is C=CCn1c(O)c(N=NC(=O)c2cc(-c3ccncc3)nc3ccccc23)c2ccccc21. The zero-order chi connectivity index (χ0) is 22.8. The Morgan fingerprint density at radius 2 is 1.76 bits per heavy atom. The van der Waals surface area contributed by atoms with Crippen molar-refractivity contribution < 1.29 is 9.90 Å². The summed E-state index contributed by atoms with van der Waals surface area (Å²) in [6, 6.07) is 20.2. The molecule has 5 rings (SSSR count). The molecular weight excluding hydrogens is 414 g/mol. The van der Waals surface area contributed by atoms with Crippen LogP contribution in [-0.2, 0) is 6.54 Å². The van der Waals surface area contributed by atoms with Crippen molar-refractivity contribution >= 4 is 33.4 Å². The van der Waals surface area contributed by atoms with Crippen LogP contribution in [0.1, 0.15) is 10.4 Å². The standard InChI is InChI=1S/C26H19N5O2/c1-2-15-31-23-10-6-4-8-19(23)24(26(31)33)29-30-25(32)20-16-22(17-11-13-27-14-12-17)28-21-9-5-3-7-18(20)21/h2-14,16,33H,1,15H2. The number of para-hydroxylation sites is 2. The maximum Gasteiger partial charge on any atom is 0.296 e. The Morgan fingerprint density at radius 1 is 1.03 bits per heavy atom. The van der Waals surface area contributed by atoms with E-state index in [2.05, 4.69) is 26.8 Å². The van der Waals surface area contributed by atoms with Crippen LogP contribution in [0.15, 0.2) is 102 Å². The number of aromatic nitrogens is 3. The number of carbonyl (C=O) groups excluding carboxylic acids is 1. The van der Waals surface area contributed by atoms with Crippen LogP contribution in [0.5, 0.6) is 5.88 Å². The molecule has 1 amide bonds. The first-order valence-electron chi connectivity index (χ1n) is 10.3. The highest BCUT2D eigenvalue weighted by atomic mass is 16.3. The number of hydrogen-bond acceptors (Lipinski definition) is 5. The fraction of sp³-hybridized carbons (Fsp3) is 0.0385. The predicted octanol–water partition coefficient (Wildman–Crippen LogP) is 6.07. The molecule has 7 heteroatoms. The summed E-state index contributed by atoms with van der Waals surface area (Å²) in [5.41, 5.74) is 3.56. The minimum atomic E-state index is -0.524. The van der Waals surface area contributed by atoms with Gasteiger partial charge in [-0.1, -0.05) is 42.5 Å². The molecule has 0 bridgehead atoms. The van der Waals surface area contributed by atoms with E-state index >= 15 is 0 Å². The second-order valence-electron chi connectivity index (χ2n) is 7.40. The van der Waals surface area contributed by atoms with E-state index in [9.17, 15) is 9.90 Å². The summed E-state index contributed by atoms with van der Waals surface area (Å²) in [4.78, 5) is 21.9. The second-order valence-corrected chi connectivity index (χ2v) is 7.40. The van der Waals surface area contributed by atoms with Crippen molar-refractivity contribution in [3.8, 4) is 17.1 Å². The van der Waals surface area contributed by atoms with Gasteiger partial charge >= 0.3 is 0 Å². The van der Waals surface area contributed by atoms with E-state index in [0.717, 1.165) is 11.1 Å². The van der Waals surface area contributed by atoms with Gasteiger partial charge in [-0.25, -0.2) is 4.98 Å². The van der Waals surface area contributed by atoms with Crippen LogP contribution in [0, 0.1) is 0 Å². The summed E-state index contributed by atoms with van der Waals surface area (Å²) in [6.07, 6.45) is 5.03. The summed E-state index contributed by atoms with van der Waals surface area (Å²) >= 11 is 0. The second kappa shape index (κ2) is 8.47. The fourth-order valence-corrected chi connectivity index (χ4v) is 3.86. The summed E-state index contributed by atoms with van der Waals surface area (Å²) in [5, 5.41) is 20.2. The molecule has 3 aromatic heterocycles. The van der Waals surface area contributed by atoms with Crippen molar-refractivity contribution in [2.75, 3.05) is 0 Å². The van der Waals surface area contributed by atoms with Gasteiger partial charge in [-0.15, -0.1) is 16.8 Å². The molecule has 0 saturated heterocycles. The number of nitrogens with zero attached hydrogens (tertiary/aromatic N) is 5. The van der Waals surface area contributed by atoms with Crippen molar-refractivity contribution in [2.24, 2.45) is 10.2 Å². The van der Waals surface area contributed by atoms with Crippen LogP contribution in [0.25, 0.3) is 33.1 Å². The van der Waals surface area contributed by atoms with Crippen molar-refractivity contribution in [2.45, 2.75) is 6.54 Å². The van der Waals surface area contributed by atoms with Gasteiger partial charge in [0.2, 0.25) is 5.88 Å². The first kappa shape index (κ1) is 20.3. The first-order chi connectivity index (χ1) is 16.2. The maximum absolute atomic E-state index is 13.2. The quantitative estimate of drug-likeness (QED) is 0.269. The van der Waals surface area contributed by atoms with E-state index in [4.69, 9.17) is 0 Å². The number of aromatic hydroxyl groups is 1.